The van der Waals surface area contributed by atoms with E-state index in [1.165, 1.54) is 24.9 Å². The maximum Gasteiger partial charge on any atom is 0.341 e. The molecule has 0 saturated heterocycles. The van der Waals surface area contributed by atoms with Gasteiger partial charge in [-0.05, 0) is 6.92 Å². The van der Waals surface area contributed by atoms with E-state index in [0.717, 1.165) is 0 Å². The summed E-state index contributed by atoms with van der Waals surface area (Å²) in [5.41, 5.74) is -0.402. The van der Waals surface area contributed by atoms with E-state index in [1.807, 2.05) is 6.92 Å². The van der Waals surface area contributed by atoms with E-state index >= 15 is 0 Å². The van der Waals surface area contributed by atoms with Gasteiger partial charge in [-0.3, -0.25) is 4.79 Å². The maximum atomic E-state index is 12.1. The summed E-state index contributed by atoms with van der Waals surface area (Å²) >= 11 is 1.21. The number of carbonyl (C=O) groups is 2. The second-order valence-corrected chi connectivity index (χ2v) is 5.16. The van der Waals surface area contributed by atoms with Crippen LogP contribution in [0.15, 0.2) is 21.2 Å². The molecule has 1 N–H and O–H groups in total. The molecule has 0 fully saturated rings. The van der Waals surface area contributed by atoms with Gasteiger partial charge in [0.25, 0.3) is 0 Å². The van der Waals surface area contributed by atoms with Gasteiger partial charge in [0.1, 0.15) is 10.6 Å². The predicted octanol–water partition coefficient (Wildman–Crippen LogP) is 1.09. The number of aromatic nitrogens is 1. The molecule has 1 aromatic rings. The van der Waals surface area contributed by atoms with Crippen LogP contribution < -0.4 is 5.43 Å². The molecule has 1 aliphatic rings. The zero-order valence-corrected chi connectivity index (χ0v) is 11.7. The topological polar surface area (TPSA) is 98.0 Å². The number of fused-ring (bicyclic) bond motifs is 1. The molecule has 106 valence electrons. The zero-order valence-electron chi connectivity index (χ0n) is 10.9. The minimum atomic E-state index is -1.25. The Morgan fingerprint density at radius 1 is 1.55 bits per heavy atom. The number of hydrogen-bond donors (Lipinski definition) is 1. The van der Waals surface area contributed by atoms with Gasteiger partial charge in [-0.2, -0.15) is 0 Å². The summed E-state index contributed by atoms with van der Waals surface area (Å²) in [5, 5.41) is 13.8. The monoisotopic (exact) mass is 296 g/mol. The summed E-state index contributed by atoms with van der Waals surface area (Å²) in [4.78, 5) is 38.4. The summed E-state index contributed by atoms with van der Waals surface area (Å²) in [7, 11) is 0. The van der Waals surface area contributed by atoms with E-state index in [1.54, 1.807) is 4.57 Å². The van der Waals surface area contributed by atoms with E-state index in [4.69, 9.17) is 5.11 Å². The number of carboxylic acid groups (broad SMARTS) is 1. The maximum absolute atomic E-state index is 12.1. The number of nitrogens with zero attached hydrogens (tertiary/aromatic N) is 2. The van der Waals surface area contributed by atoms with E-state index in [-0.39, 0.29) is 12.0 Å². The Hall–Kier alpha value is -2.09. The summed E-state index contributed by atoms with van der Waals surface area (Å²) in [6, 6.07) is 0. The van der Waals surface area contributed by atoms with Gasteiger partial charge in [0.05, 0.1) is 5.03 Å². The van der Waals surface area contributed by atoms with E-state index in [9.17, 15) is 14.4 Å². The molecule has 0 atom stereocenters. The molecule has 0 radical (unpaired) electrons. The second kappa shape index (κ2) is 5.49. The van der Waals surface area contributed by atoms with Crippen molar-refractivity contribution in [2.24, 2.45) is 5.16 Å². The van der Waals surface area contributed by atoms with Gasteiger partial charge in [-0.15, -0.1) is 0 Å². The Morgan fingerprint density at radius 3 is 2.80 bits per heavy atom. The fourth-order valence-corrected chi connectivity index (χ4v) is 2.94. The first-order chi connectivity index (χ1) is 9.43. The highest BCUT2D eigenvalue weighted by atomic mass is 32.2. The van der Waals surface area contributed by atoms with Crippen LogP contribution >= 0.6 is 11.8 Å². The third-order valence-electron chi connectivity index (χ3n) is 2.71. The fraction of sp³-hybridized carbons (Fsp3) is 0.333. The summed E-state index contributed by atoms with van der Waals surface area (Å²) in [6.45, 7) is 3.60. The SMILES string of the molecule is CCn1cc(C(=O)O)c(=O)c2c1S/C(=N\OC(C)=O)C2. The highest BCUT2D eigenvalue weighted by Gasteiger charge is 2.27. The molecule has 2 heterocycles. The molecule has 0 spiro atoms. The highest BCUT2D eigenvalue weighted by molar-refractivity contribution is 8.14. The zero-order chi connectivity index (χ0) is 14.9. The van der Waals surface area contributed by atoms with Gasteiger partial charge in [0, 0.05) is 31.6 Å². The lowest BCUT2D eigenvalue weighted by Crippen LogP contribution is -2.22. The highest BCUT2D eigenvalue weighted by Crippen LogP contribution is 2.32. The van der Waals surface area contributed by atoms with Gasteiger partial charge < -0.3 is 14.5 Å². The van der Waals surface area contributed by atoms with Crippen molar-refractivity contribution in [3.05, 3.63) is 27.5 Å². The van der Waals surface area contributed by atoms with Gasteiger partial charge >= 0.3 is 11.9 Å². The minimum absolute atomic E-state index is 0.174. The molecule has 0 bridgehead atoms. The Labute approximate surface area is 118 Å². The molecule has 1 aromatic heterocycles. The van der Waals surface area contributed by atoms with Crippen molar-refractivity contribution >= 4 is 28.7 Å². The van der Waals surface area contributed by atoms with Gasteiger partial charge in [0.2, 0.25) is 5.43 Å². The molecule has 0 saturated carbocycles. The Kier molecular flexibility index (Phi) is 3.93. The predicted molar refractivity (Wildman–Crippen MR) is 72.1 cm³/mol. The van der Waals surface area contributed by atoms with E-state index < -0.39 is 17.4 Å². The smallest absolute Gasteiger partial charge is 0.341 e. The van der Waals surface area contributed by atoms with Gasteiger partial charge in [-0.25, -0.2) is 9.59 Å². The lowest BCUT2D eigenvalue weighted by Gasteiger charge is -2.09. The minimum Gasteiger partial charge on any atom is -0.477 e. The fourth-order valence-electron chi connectivity index (χ4n) is 1.83. The first kappa shape index (κ1) is 14.3. The Balaban J connectivity index is 2.48. The molecule has 0 unspecified atom stereocenters. The Bertz CT molecular complexity index is 677. The number of rotatable bonds is 3. The number of carboxylic acids is 1. The number of thioether (sulfide) groups is 1. The molecular formula is C12H12N2O5S. The van der Waals surface area contributed by atoms with Gasteiger partial charge in [0.15, 0.2) is 0 Å². The van der Waals surface area contributed by atoms with Crippen molar-refractivity contribution in [2.45, 2.75) is 31.8 Å². The lowest BCUT2D eigenvalue weighted by atomic mass is 10.1. The molecule has 8 heteroatoms. The van der Waals surface area contributed by atoms with Crippen molar-refractivity contribution in [2.75, 3.05) is 0 Å². The average molecular weight is 296 g/mol. The third-order valence-corrected chi connectivity index (χ3v) is 3.84. The normalized spacial score (nSPS) is 15.2. The molecule has 20 heavy (non-hydrogen) atoms. The number of aromatic carboxylic acids is 1. The number of hydrogen-bond acceptors (Lipinski definition) is 6. The van der Waals surface area contributed by atoms with Crippen molar-refractivity contribution in [3.8, 4) is 0 Å². The van der Waals surface area contributed by atoms with Crippen LogP contribution in [0, 0.1) is 0 Å². The van der Waals surface area contributed by atoms with Gasteiger partial charge in [-0.1, -0.05) is 16.9 Å². The lowest BCUT2D eigenvalue weighted by molar-refractivity contribution is -0.140. The summed E-state index contributed by atoms with van der Waals surface area (Å²) in [5.74, 6) is -1.80. The molecular weight excluding hydrogens is 284 g/mol. The number of carbonyl (C=O) groups excluding carboxylic acids is 1. The quantitative estimate of drug-likeness (QED) is 0.662. The van der Waals surface area contributed by atoms with Crippen LogP contribution in [0.1, 0.15) is 29.8 Å². The van der Waals surface area contributed by atoms with Crippen LogP contribution in [-0.2, 0) is 22.6 Å². The first-order valence-corrected chi connectivity index (χ1v) is 6.67. The van der Waals surface area contributed by atoms with Crippen molar-refractivity contribution in [1.29, 1.82) is 0 Å². The molecule has 0 aromatic carbocycles. The largest absolute Gasteiger partial charge is 0.477 e. The van der Waals surface area contributed by atoms with Crippen LogP contribution in [0.2, 0.25) is 0 Å². The molecule has 7 nitrogen and oxygen atoms in total. The number of pyridine rings is 1. The molecule has 0 aliphatic carbocycles. The van der Waals surface area contributed by atoms with Crippen LogP contribution in [0.4, 0.5) is 0 Å². The van der Waals surface area contributed by atoms with Crippen molar-refractivity contribution in [1.82, 2.24) is 4.57 Å². The first-order valence-electron chi connectivity index (χ1n) is 5.86. The Morgan fingerprint density at radius 2 is 2.25 bits per heavy atom. The van der Waals surface area contributed by atoms with Crippen molar-refractivity contribution < 1.29 is 19.5 Å². The van der Waals surface area contributed by atoms with Crippen molar-refractivity contribution in [3.63, 3.8) is 0 Å². The average Bonchev–Trinajstić information content (AvgIpc) is 2.81. The third kappa shape index (κ3) is 2.60. The molecule has 2 rings (SSSR count). The standard InChI is InChI=1S/C12H12N2O5S/c1-3-14-5-8(12(17)18)10(16)7-4-9(20-11(7)14)13-19-6(2)15/h5H,3-4H2,1-2H3,(H,17,18)/b13-9-. The second-order valence-electron chi connectivity index (χ2n) is 4.09. The number of oxime groups is 1. The van der Waals surface area contributed by atoms with E-state index in [0.29, 0.717) is 22.2 Å². The van der Waals surface area contributed by atoms with Crippen LogP contribution in [-0.4, -0.2) is 26.7 Å². The summed E-state index contributed by atoms with van der Waals surface area (Å²) < 4.78 is 1.68. The van der Waals surface area contributed by atoms with Crippen LogP contribution in [0.25, 0.3) is 0 Å². The summed E-state index contributed by atoms with van der Waals surface area (Å²) in [6.07, 6.45) is 1.50. The molecule has 0 amide bonds. The number of aryl methyl sites for hydroxylation is 1. The van der Waals surface area contributed by atoms with Crippen LogP contribution in [0.3, 0.4) is 0 Å². The van der Waals surface area contributed by atoms with E-state index in [2.05, 4.69) is 9.99 Å². The van der Waals surface area contributed by atoms with Crippen LogP contribution in [0.5, 0.6) is 0 Å². The molecule has 1 aliphatic heterocycles.